The highest BCUT2D eigenvalue weighted by Gasteiger charge is 2.23. The first-order valence-electron chi connectivity index (χ1n) is 9.33. The van der Waals surface area contributed by atoms with E-state index < -0.39 is 20.5 Å². The van der Waals surface area contributed by atoms with Gasteiger partial charge in [0.25, 0.3) is 5.69 Å². The largest absolute Gasteiger partial charge is 0.273 e. The van der Waals surface area contributed by atoms with Crippen LogP contribution in [0.25, 0.3) is 22.6 Å². The maximum atomic E-state index is 12.9. The van der Waals surface area contributed by atoms with Gasteiger partial charge in [0, 0.05) is 46.4 Å². The third kappa shape index (κ3) is 4.63. The summed E-state index contributed by atoms with van der Waals surface area (Å²) in [6, 6.07) is 15.2. The van der Waals surface area contributed by atoms with E-state index in [1.165, 1.54) is 42.5 Å². The van der Waals surface area contributed by atoms with Gasteiger partial charge >= 0.3 is 0 Å². The Morgan fingerprint density at radius 2 is 1.75 bits per heavy atom. The van der Waals surface area contributed by atoms with Crippen LogP contribution in [-0.2, 0) is 15.6 Å². The first-order chi connectivity index (χ1) is 15.3. The lowest BCUT2D eigenvalue weighted by Crippen LogP contribution is -2.07. The fourth-order valence-corrected chi connectivity index (χ4v) is 4.61. The number of rotatable bonds is 6. The molecule has 0 spiro atoms. The summed E-state index contributed by atoms with van der Waals surface area (Å²) in [5, 5.41) is 11.9. The third-order valence-corrected chi connectivity index (χ3v) is 6.60. The zero-order valence-corrected chi connectivity index (χ0v) is 18.0. The van der Waals surface area contributed by atoms with Gasteiger partial charge in [0.15, 0.2) is 15.7 Å². The van der Waals surface area contributed by atoms with E-state index in [1.54, 1.807) is 30.7 Å². The van der Waals surface area contributed by atoms with Gasteiger partial charge in [-0.2, -0.15) is 0 Å². The van der Waals surface area contributed by atoms with Crippen LogP contribution in [0.3, 0.4) is 0 Å². The molecule has 32 heavy (non-hydrogen) atoms. The highest BCUT2D eigenvalue weighted by Crippen LogP contribution is 2.30. The summed E-state index contributed by atoms with van der Waals surface area (Å²) in [6.45, 7) is 0. The number of nitro benzene ring substituents is 1. The molecule has 4 rings (SSSR count). The summed E-state index contributed by atoms with van der Waals surface area (Å²) in [5.74, 6) is -0.108. The molecule has 2 aromatic heterocycles. The molecule has 0 bridgehead atoms. The second-order valence-electron chi connectivity index (χ2n) is 6.82. The smallest absolute Gasteiger partial charge is 0.264 e. The highest BCUT2D eigenvalue weighted by molar-refractivity contribution is 7.90. The van der Waals surface area contributed by atoms with Crippen molar-refractivity contribution in [2.45, 2.75) is 10.6 Å². The van der Waals surface area contributed by atoms with Crippen LogP contribution in [0.1, 0.15) is 5.56 Å². The van der Waals surface area contributed by atoms with E-state index in [4.69, 9.17) is 11.6 Å². The van der Waals surface area contributed by atoms with Crippen molar-refractivity contribution in [3.05, 3.63) is 100.0 Å². The summed E-state index contributed by atoms with van der Waals surface area (Å²) in [7, 11) is -3.84. The van der Waals surface area contributed by atoms with Crippen molar-refractivity contribution in [3.63, 3.8) is 0 Å². The lowest BCUT2D eigenvalue weighted by atomic mass is 10.1. The van der Waals surface area contributed by atoms with E-state index in [-0.39, 0.29) is 16.1 Å². The van der Waals surface area contributed by atoms with E-state index in [1.807, 2.05) is 6.07 Å². The number of hydrogen-bond donors (Lipinski definition) is 0. The number of benzene rings is 2. The van der Waals surface area contributed by atoms with Crippen molar-refractivity contribution >= 4 is 27.1 Å². The van der Waals surface area contributed by atoms with Crippen molar-refractivity contribution in [2.75, 3.05) is 0 Å². The summed E-state index contributed by atoms with van der Waals surface area (Å²) in [6.07, 6.45) is 4.83. The predicted octanol–water partition coefficient (Wildman–Crippen LogP) is 4.74. The molecule has 2 heterocycles. The van der Waals surface area contributed by atoms with Crippen molar-refractivity contribution in [3.8, 4) is 22.6 Å². The molecular formula is C22H15ClN4O4S. The Labute approximate surface area is 188 Å². The number of nitrogens with zero attached hydrogens (tertiary/aromatic N) is 4. The first-order valence-corrected chi connectivity index (χ1v) is 11.4. The van der Waals surface area contributed by atoms with Crippen LogP contribution in [-0.4, -0.2) is 28.3 Å². The highest BCUT2D eigenvalue weighted by atomic mass is 35.5. The predicted molar refractivity (Wildman–Crippen MR) is 120 cm³/mol. The molecule has 4 aromatic rings. The Balaban J connectivity index is 1.75. The van der Waals surface area contributed by atoms with E-state index in [0.29, 0.717) is 27.7 Å². The molecule has 0 radical (unpaired) electrons. The van der Waals surface area contributed by atoms with Crippen LogP contribution in [0.15, 0.2) is 84.1 Å². The molecule has 0 amide bonds. The maximum absolute atomic E-state index is 12.9. The van der Waals surface area contributed by atoms with E-state index >= 15 is 0 Å². The number of aromatic nitrogens is 3. The summed E-state index contributed by atoms with van der Waals surface area (Å²) in [5.41, 5.74) is 1.52. The molecule has 8 nitrogen and oxygen atoms in total. The normalized spacial score (nSPS) is 11.3. The molecule has 2 aromatic carbocycles. The van der Waals surface area contributed by atoms with Gasteiger partial charge in [0.2, 0.25) is 0 Å². The minimum Gasteiger partial charge on any atom is -0.264 e. The van der Waals surface area contributed by atoms with Crippen LogP contribution >= 0.6 is 11.6 Å². The van der Waals surface area contributed by atoms with Gasteiger partial charge in [-0.1, -0.05) is 11.6 Å². The van der Waals surface area contributed by atoms with Crippen LogP contribution < -0.4 is 0 Å². The molecule has 0 aliphatic rings. The van der Waals surface area contributed by atoms with Crippen molar-refractivity contribution in [2.24, 2.45) is 0 Å². The lowest BCUT2D eigenvalue weighted by molar-refractivity contribution is -0.385. The van der Waals surface area contributed by atoms with E-state index in [2.05, 4.69) is 15.0 Å². The number of nitro groups is 1. The zero-order valence-electron chi connectivity index (χ0n) is 16.4. The molecule has 0 aliphatic carbocycles. The topological polar surface area (TPSA) is 116 Å². The third-order valence-electron chi connectivity index (χ3n) is 4.67. The monoisotopic (exact) mass is 466 g/mol. The average Bonchev–Trinajstić information content (AvgIpc) is 2.79. The molecule has 160 valence electrons. The molecule has 0 aliphatic heterocycles. The molecular weight excluding hydrogens is 452 g/mol. The Bertz CT molecular complexity index is 1400. The van der Waals surface area contributed by atoms with Gasteiger partial charge < -0.3 is 0 Å². The summed E-state index contributed by atoms with van der Waals surface area (Å²) >= 11 is 5.83. The molecule has 10 heteroatoms. The standard InChI is InChI=1S/C22H15ClN4O4S/c23-18-4-6-19(7-5-18)32(30,31)14-17-12-15(3-8-21(17)27(28)29)20-9-11-25-22(26-20)16-2-1-10-24-13-16/h1-13H,14H2. The van der Waals surface area contributed by atoms with Gasteiger partial charge in [-0.05, 0) is 54.6 Å². The fraction of sp³-hybridized carbons (Fsp3) is 0.0455. The SMILES string of the molecule is O=[N+]([O-])c1ccc(-c2ccnc(-c3cccnc3)n2)cc1CS(=O)(=O)c1ccc(Cl)cc1. The first kappa shape index (κ1) is 21.5. The summed E-state index contributed by atoms with van der Waals surface area (Å²) in [4.78, 5) is 23.8. The molecule has 0 fully saturated rings. The number of halogens is 1. The Kier molecular flexibility index (Phi) is 5.93. The van der Waals surface area contributed by atoms with Gasteiger partial charge in [-0.25, -0.2) is 18.4 Å². The minimum absolute atomic E-state index is 0.0301. The number of pyridine rings is 1. The maximum Gasteiger partial charge on any atom is 0.273 e. The molecule has 0 saturated heterocycles. The van der Waals surface area contributed by atoms with Gasteiger partial charge in [0.1, 0.15) is 0 Å². The van der Waals surface area contributed by atoms with Crippen LogP contribution in [0.5, 0.6) is 0 Å². The van der Waals surface area contributed by atoms with Gasteiger partial charge in [-0.3, -0.25) is 15.1 Å². The van der Waals surface area contributed by atoms with Crippen molar-refractivity contribution in [1.29, 1.82) is 0 Å². The van der Waals surface area contributed by atoms with Crippen LogP contribution in [0, 0.1) is 10.1 Å². The average molecular weight is 467 g/mol. The molecule has 0 atom stereocenters. The fourth-order valence-electron chi connectivity index (χ4n) is 3.12. The zero-order chi connectivity index (χ0) is 22.7. The Morgan fingerprint density at radius 1 is 0.969 bits per heavy atom. The van der Waals surface area contributed by atoms with Crippen LogP contribution in [0.4, 0.5) is 5.69 Å². The number of hydrogen-bond acceptors (Lipinski definition) is 7. The minimum atomic E-state index is -3.84. The molecule has 0 N–H and O–H groups in total. The second kappa shape index (κ2) is 8.81. The Morgan fingerprint density at radius 3 is 2.44 bits per heavy atom. The summed E-state index contributed by atoms with van der Waals surface area (Å²) < 4.78 is 25.8. The molecule has 0 unspecified atom stereocenters. The quantitative estimate of drug-likeness (QED) is 0.297. The lowest BCUT2D eigenvalue weighted by Gasteiger charge is -2.09. The Hall–Kier alpha value is -3.69. The van der Waals surface area contributed by atoms with E-state index in [0.717, 1.165) is 0 Å². The van der Waals surface area contributed by atoms with Crippen molar-refractivity contribution in [1.82, 2.24) is 15.0 Å². The van der Waals surface area contributed by atoms with Gasteiger partial charge in [-0.15, -0.1) is 0 Å². The van der Waals surface area contributed by atoms with E-state index in [9.17, 15) is 18.5 Å². The second-order valence-corrected chi connectivity index (χ2v) is 9.25. The van der Waals surface area contributed by atoms with Crippen LogP contribution in [0.2, 0.25) is 5.02 Å². The molecule has 0 saturated carbocycles. The van der Waals surface area contributed by atoms with Crippen molar-refractivity contribution < 1.29 is 13.3 Å². The van der Waals surface area contributed by atoms with Gasteiger partial charge in [0.05, 0.1) is 21.3 Å². The number of sulfone groups is 1.